The molecule has 17 rings (SSSR count). The Morgan fingerprint density at radius 2 is 0.500 bits per heavy atom. The van der Waals surface area contributed by atoms with E-state index in [9.17, 15) is 31.6 Å². The summed E-state index contributed by atoms with van der Waals surface area (Å²) in [6.45, 7) is 0. The summed E-state index contributed by atoms with van der Waals surface area (Å²) in [7, 11) is 0. The Labute approximate surface area is 596 Å². The van der Waals surface area contributed by atoms with Gasteiger partial charge in [0.1, 0.15) is 0 Å². The number of aromatic nitrogens is 8. The van der Waals surface area contributed by atoms with Crippen molar-refractivity contribution in [1.82, 2.24) is 39.0 Å². The summed E-state index contributed by atoms with van der Waals surface area (Å²) in [6.07, 6.45) is 0. The first-order chi connectivity index (χ1) is 51.3. The Morgan fingerprint density at radius 3 is 0.827 bits per heavy atom. The summed E-state index contributed by atoms with van der Waals surface area (Å²) in [5, 5.41) is 65.6. The molecule has 14 nitrogen and oxygen atoms in total. The molecule has 4 heterocycles. The predicted molar refractivity (Wildman–Crippen MR) is 405 cm³/mol. The quantitative estimate of drug-likeness (QED) is 0.111. The van der Waals surface area contributed by atoms with E-state index in [1.54, 1.807) is 0 Å². The molecule has 0 amide bonds. The van der Waals surface area contributed by atoms with Crippen molar-refractivity contribution in [2.24, 2.45) is 0 Å². The molecule has 0 bridgehead atoms. The molecule has 0 aliphatic rings. The highest BCUT2D eigenvalue weighted by Gasteiger charge is 2.25. The molecule has 14 heteroatoms. The average molecular weight is 1330 g/mol. The molecule has 0 N–H and O–H groups in total. The maximum absolute atomic E-state index is 10.5. The molecule has 0 radical (unpaired) electrons. The number of fused-ring (bicyclic) bond motifs is 6. The van der Waals surface area contributed by atoms with Gasteiger partial charge in [-0.25, -0.2) is 29.9 Å². The molecule has 478 valence electrons. The van der Waals surface area contributed by atoms with Crippen LogP contribution in [0.1, 0.15) is 33.4 Å². The number of hydrogen-bond acceptors (Lipinski definition) is 12. The Balaban J connectivity index is 0.910. The second-order valence-corrected chi connectivity index (χ2v) is 24.9. The van der Waals surface area contributed by atoms with Crippen LogP contribution >= 0.6 is 0 Å². The van der Waals surface area contributed by atoms with Crippen LogP contribution in [0.5, 0.6) is 0 Å². The van der Waals surface area contributed by atoms with Crippen molar-refractivity contribution in [3.8, 4) is 161 Å². The lowest BCUT2D eigenvalue weighted by Crippen LogP contribution is -2.03. The first-order valence-corrected chi connectivity index (χ1v) is 33.2. The second kappa shape index (κ2) is 26.0. The van der Waals surface area contributed by atoms with E-state index >= 15 is 0 Å². The molecule has 0 aliphatic heterocycles. The summed E-state index contributed by atoms with van der Waals surface area (Å²) in [6, 6.07) is 108. The molecule has 0 unspecified atom stereocenters. The third kappa shape index (κ3) is 10.9. The number of benzene rings is 13. The Kier molecular flexibility index (Phi) is 15.5. The van der Waals surface area contributed by atoms with Crippen LogP contribution in [0.15, 0.2) is 291 Å². The van der Waals surface area contributed by atoms with E-state index in [1.807, 2.05) is 182 Å². The van der Waals surface area contributed by atoms with Crippen LogP contribution in [-0.2, 0) is 0 Å². The Morgan fingerprint density at radius 1 is 0.212 bits per heavy atom. The zero-order valence-electron chi connectivity index (χ0n) is 55.0. The van der Waals surface area contributed by atoms with Gasteiger partial charge in [0.15, 0.2) is 34.9 Å². The monoisotopic (exact) mass is 1320 g/mol. The van der Waals surface area contributed by atoms with Gasteiger partial charge in [-0.15, -0.1) is 0 Å². The second-order valence-electron chi connectivity index (χ2n) is 24.9. The van der Waals surface area contributed by atoms with Crippen molar-refractivity contribution in [2.45, 2.75) is 0 Å². The zero-order valence-corrected chi connectivity index (χ0v) is 55.0. The number of nitriles is 6. The van der Waals surface area contributed by atoms with Crippen LogP contribution in [0.2, 0.25) is 0 Å². The van der Waals surface area contributed by atoms with Gasteiger partial charge in [-0.2, -0.15) is 31.6 Å². The summed E-state index contributed by atoms with van der Waals surface area (Å²) < 4.78 is 4.50. The first-order valence-electron chi connectivity index (χ1n) is 33.2. The van der Waals surface area contributed by atoms with E-state index in [2.05, 4.69) is 130 Å². The lowest BCUT2D eigenvalue weighted by molar-refractivity contribution is 1.07. The van der Waals surface area contributed by atoms with Crippen molar-refractivity contribution >= 4 is 43.6 Å². The predicted octanol–water partition coefficient (Wildman–Crippen LogP) is 20.2. The highest BCUT2D eigenvalue weighted by molar-refractivity contribution is 6.13. The number of para-hydroxylation sites is 2. The lowest BCUT2D eigenvalue weighted by atomic mass is 9.92. The van der Waals surface area contributed by atoms with Crippen LogP contribution in [0.25, 0.3) is 168 Å². The normalized spacial score (nSPS) is 11.0. The fourth-order valence-electron chi connectivity index (χ4n) is 14.1. The van der Waals surface area contributed by atoms with Crippen molar-refractivity contribution in [1.29, 1.82) is 31.6 Å². The van der Waals surface area contributed by atoms with Crippen LogP contribution in [-0.4, -0.2) is 39.0 Å². The molecule has 0 spiro atoms. The fraction of sp³-hybridized carbons (Fsp3) is 0. The van der Waals surface area contributed by atoms with E-state index in [0.29, 0.717) is 57.2 Å². The van der Waals surface area contributed by atoms with E-state index in [1.165, 1.54) is 24.3 Å². The van der Waals surface area contributed by atoms with Crippen LogP contribution in [0, 0.1) is 68.0 Å². The molecule has 0 fully saturated rings. The minimum absolute atomic E-state index is 0.218. The van der Waals surface area contributed by atoms with Gasteiger partial charge >= 0.3 is 0 Å². The first kappa shape index (κ1) is 62.0. The van der Waals surface area contributed by atoms with Crippen molar-refractivity contribution in [3.05, 3.63) is 325 Å². The smallest absolute Gasteiger partial charge is 0.164 e. The molecule has 104 heavy (non-hydrogen) atoms. The standard InChI is InChI=1S/C90H48N14/c91-49-55-40-67(51-93)83(68(41-55)52-94)63-34-38-79-75(45-63)73-28-13-15-30-77(73)103(79)81-47-65(89-99-85(57-18-5-1-6-19-57)97-86(100-89)58-20-7-2-8-21-58)32-36-71(81)61-26-17-27-62(44-61)72-37-33-66(90-101-87(59-22-9-3-10-23-59)98-88(102-90)60-24-11-4-12-25-60)48-82(72)104-78-31-16-14-29-74(78)76-46-64(35-39-80(76)104)84-69(53-95)42-56(50-92)43-70(84)54-96/h1-48H. The van der Waals surface area contributed by atoms with Gasteiger partial charge in [0.2, 0.25) is 0 Å². The zero-order chi connectivity index (χ0) is 70.4. The van der Waals surface area contributed by atoms with Crippen LogP contribution < -0.4 is 0 Å². The lowest BCUT2D eigenvalue weighted by Gasteiger charge is -2.19. The van der Waals surface area contributed by atoms with E-state index in [4.69, 9.17) is 29.9 Å². The van der Waals surface area contributed by atoms with Gasteiger partial charge in [-0.05, 0) is 101 Å². The summed E-state index contributed by atoms with van der Waals surface area (Å²) in [4.78, 5) is 31.0. The molecule has 0 aliphatic carbocycles. The molecular formula is C90H48N14. The summed E-state index contributed by atoms with van der Waals surface area (Å²) >= 11 is 0. The fourth-order valence-corrected chi connectivity index (χ4v) is 14.1. The van der Waals surface area contributed by atoms with Crippen molar-refractivity contribution < 1.29 is 0 Å². The average Bonchev–Trinajstić information content (AvgIpc) is 1.57. The molecule has 13 aromatic carbocycles. The highest BCUT2D eigenvalue weighted by Crippen LogP contribution is 2.45. The van der Waals surface area contributed by atoms with Crippen LogP contribution in [0.3, 0.4) is 0 Å². The third-order valence-electron chi connectivity index (χ3n) is 18.8. The molecule has 17 aromatic rings. The van der Waals surface area contributed by atoms with E-state index in [0.717, 1.165) is 111 Å². The Bertz CT molecular complexity index is 6090. The van der Waals surface area contributed by atoms with Gasteiger partial charge in [0.05, 0.1) is 103 Å². The maximum Gasteiger partial charge on any atom is 0.164 e. The maximum atomic E-state index is 10.5. The topological polar surface area (TPSA) is 230 Å². The minimum Gasteiger partial charge on any atom is -0.309 e. The SMILES string of the molecule is N#Cc1cc(C#N)c(-c2ccc3c(c2)c2ccccc2n3-c2cc(-c3nc(-c4ccccc4)nc(-c4ccccc4)n3)ccc2-c2cccc(-c3ccc(-c4nc(-c5ccccc5)nc(-c5ccccc5)n4)cc3-n3c4ccccc4c4cc(-c5c(C#N)cc(C#N)cc5C#N)ccc43)c2)c(C#N)c1. The molecular weight excluding hydrogens is 1280 g/mol. The van der Waals surface area contributed by atoms with Gasteiger partial charge in [0.25, 0.3) is 0 Å². The number of hydrogen-bond donors (Lipinski definition) is 0. The Hall–Kier alpha value is -15.6. The summed E-state index contributed by atoms with van der Waals surface area (Å²) in [5.41, 5.74) is 16.7. The van der Waals surface area contributed by atoms with E-state index in [-0.39, 0.29) is 33.4 Å². The van der Waals surface area contributed by atoms with Crippen molar-refractivity contribution in [3.63, 3.8) is 0 Å². The van der Waals surface area contributed by atoms with Crippen LogP contribution in [0.4, 0.5) is 0 Å². The molecule has 0 saturated carbocycles. The molecule has 0 saturated heterocycles. The van der Waals surface area contributed by atoms with Crippen molar-refractivity contribution in [2.75, 3.05) is 0 Å². The van der Waals surface area contributed by atoms with Gasteiger partial charge < -0.3 is 9.13 Å². The molecule has 0 atom stereocenters. The largest absolute Gasteiger partial charge is 0.309 e. The molecule has 4 aromatic heterocycles. The van der Waals surface area contributed by atoms with Gasteiger partial charge in [0, 0.05) is 77.2 Å². The van der Waals surface area contributed by atoms with Gasteiger partial charge in [-0.3, -0.25) is 0 Å². The highest BCUT2D eigenvalue weighted by atomic mass is 15.1. The number of rotatable bonds is 12. The van der Waals surface area contributed by atoms with E-state index < -0.39 is 0 Å². The summed E-state index contributed by atoms with van der Waals surface area (Å²) in [5.74, 6) is 2.95. The third-order valence-corrected chi connectivity index (χ3v) is 18.8. The number of nitrogens with zero attached hydrogens (tertiary/aromatic N) is 14. The van der Waals surface area contributed by atoms with Gasteiger partial charge in [-0.1, -0.05) is 212 Å². The minimum atomic E-state index is 0.218.